The maximum absolute atomic E-state index is 12.3. The summed E-state index contributed by atoms with van der Waals surface area (Å²) in [5, 5.41) is 3.06. The number of rotatable bonds is 6. The Labute approximate surface area is 162 Å². The SMILES string of the molecule is C[C@H](NC(=O)c1ccc(Cl)cc1)C(=O)OCC(=O)c1ccc2c(c1)CCC2. The van der Waals surface area contributed by atoms with Gasteiger partial charge < -0.3 is 10.1 Å². The van der Waals surface area contributed by atoms with Gasteiger partial charge in [0.15, 0.2) is 12.4 Å². The van der Waals surface area contributed by atoms with Crippen LogP contribution in [0.5, 0.6) is 0 Å². The molecule has 0 saturated heterocycles. The van der Waals surface area contributed by atoms with Gasteiger partial charge in [0, 0.05) is 16.1 Å². The predicted molar refractivity (Wildman–Crippen MR) is 102 cm³/mol. The van der Waals surface area contributed by atoms with Crippen LogP contribution in [-0.2, 0) is 22.4 Å². The monoisotopic (exact) mass is 385 g/mol. The van der Waals surface area contributed by atoms with Crippen LogP contribution in [0.15, 0.2) is 42.5 Å². The molecule has 1 amide bonds. The minimum Gasteiger partial charge on any atom is -0.456 e. The number of fused-ring (bicyclic) bond motifs is 1. The van der Waals surface area contributed by atoms with Gasteiger partial charge in [0.2, 0.25) is 0 Å². The van der Waals surface area contributed by atoms with Crippen molar-refractivity contribution in [2.24, 2.45) is 0 Å². The molecule has 0 fully saturated rings. The van der Waals surface area contributed by atoms with Crippen LogP contribution in [-0.4, -0.2) is 30.3 Å². The van der Waals surface area contributed by atoms with Gasteiger partial charge in [-0.3, -0.25) is 9.59 Å². The summed E-state index contributed by atoms with van der Waals surface area (Å²) in [5.41, 5.74) is 3.40. The quantitative estimate of drug-likeness (QED) is 0.611. The third-order valence-corrected chi connectivity index (χ3v) is 4.83. The van der Waals surface area contributed by atoms with Gasteiger partial charge in [0.05, 0.1) is 0 Å². The number of benzene rings is 2. The van der Waals surface area contributed by atoms with Crippen molar-refractivity contribution >= 4 is 29.3 Å². The molecule has 1 N–H and O–H groups in total. The van der Waals surface area contributed by atoms with Crippen LogP contribution in [0.2, 0.25) is 5.02 Å². The normalized spacial score (nSPS) is 13.6. The second-order valence-corrected chi connectivity index (χ2v) is 7.01. The smallest absolute Gasteiger partial charge is 0.328 e. The molecule has 0 unspecified atom stereocenters. The summed E-state index contributed by atoms with van der Waals surface area (Å²) in [6.45, 7) is 1.16. The van der Waals surface area contributed by atoms with E-state index in [1.54, 1.807) is 30.3 Å². The maximum Gasteiger partial charge on any atom is 0.328 e. The number of esters is 1. The van der Waals surface area contributed by atoms with E-state index in [0.717, 1.165) is 19.3 Å². The fraction of sp³-hybridized carbons (Fsp3) is 0.286. The van der Waals surface area contributed by atoms with Crippen LogP contribution < -0.4 is 5.32 Å². The van der Waals surface area contributed by atoms with E-state index in [2.05, 4.69) is 5.32 Å². The topological polar surface area (TPSA) is 72.5 Å². The zero-order chi connectivity index (χ0) is 19.4. The zero-order valence-electron chi connectivity index (χ0n) is 15.0. The van der Waals surface area contributed by atoms with Gasteiger partial charge >= 0.3 is 5.97 Å². The first-order chi connectivity index (χ1) is 12.9. The number of ketones is 1. The van der Waals surface area contributed by atoms with Gasteiger partial charge in [-0.1, -0.05) is 23.7 Å². The Kier molecular flexibility index (Phi) is 5.91. The van der Waals surface area contributed by atoms with E-state index < -0.39 is 17.9 Å². The number of ether oxygens (including phenoxy) is 1. The van der Waals surface area contributed by atoms with E-state index >= 15 is 0 Å². The van der Waals surface area contributed by atoms with Crippen LogP contribution in [0.4, 0.5) is 0 Å². The van der Waals surface area contributed by atoms with Crippen molar-refractivity contribution in [2.45, 2.75) is 32.2 Å². The summed E-state index contributed by atoms with van der Waals surface area (Å²) in [7, 11) is 0. The molecule has 2 aromatic carbocycles. The molecule has 2 aromatic rings. The van der Waals surface area contributed by atoms with Gasteiger partial charge in [-0.05, 0) is 67.6 Å². The number of halogens is 1. The summed E-state index contributed by atoms with van der Waals surface area (Å²) in [4.78, 5) is 36.5. The number of hydrogen-bond donors (Lipinski definition) is 1. The van der Waals surface area contributed by atoms with E-state index in [1.807, 2.05) is 12.1 Å². The Morgan fingerprint density at radius 3 is 2.44 bits per heavy atom. The van der Waals surface area contributed by atoms with Crippen molar-refractivity contribution in [3.63, 3.8) is 0 Å². The molecule has 27 heavy (non-hydrogen) atoms. The molecule has 1 aliphatic carbocycles. The third kappa shape index (κ3) is 4.74. The molecule has 0 saturated carbocycles. The number of carbonyl (C=O) groups is 3. The Bertz CT molecular complexity index is 876. The number of Topliss-reactive ketones (excluding diaryl/α,β-unsaturated/α-hetero) is 1. The lowest BCUT2D eigenvalue weighted by Crippen LogP contribution is -2.40. The van der Waals surface area contributed by atoms with Gasteiger partial charge in [-0.15, -0.1) is 0 Å². The van der Waals surface area contributed by atoms with Crippen LogP contribution in [0.25, 0.3) is 0 Å². The van der Waals surface area contributed by atoms with E-state index in [1.165, 1.54) is 18.1 Å². The minimum absolute atomic E-state index is 0.255. The van der Waals surface area contributed by atoms with Crippen molar-refractivity contribution in [1.82, 2.24) is 5.32 Å². The van der Waals surface area contributed by atoms with Crippen molar-refractivity contribution in [2.75, 3.05) is 6.61 Å². The highest BCUT2D eigenvalue weighted by Gasteiger charge is 2.20. The third-order valence-electron chi connectivity index (χ3n) is 4.57. The highest BCUT2D eigenvalue weighted by molar-refractivity contribution is 6.30. The molecule has 0 aliphatic heterocycles. The van der Waals surface area contributed by atoms with Crippen LogP contribution >= 0.6 is 11.6 Å². The Morgan fingerprint density at radius 2 is 1.70 bits per heavy atom. The number of nitrogens with one attached hydrogen (secondary N) is 1. The molecule has 0 radical (unpaired) electrons. The Hall–Kier alpha value is -2.66. The first-order valence-corrected chi connectivity index (χ1v) is 9.20. The standard InChI is InChI=1S/C21H20ClNO4/c1-13(23-20(25)15-7-9-18(22)10-8-15)21(26)27-12-19(24)17-6-5-14-3-2-4-16(14)11-17/h5-11,13H,2-4,12H2,1H3,(H,23,25)/t13-/m0/s1. The van der Waals surface area contributed by atoms with Gasteiger partial charge in [-0.2, -0.15) is 0 Å². The Balaban J connectivity index is 1.51. The number of amides is 1. The van der Waals surface area contributed by atoms with E-state index in [0.29, 0.717) is 16.1 Å². The number of carbonyl (C=O) groups excluding carboxylic acids is 3. The van der Waals surface area contributed by atoms with Gasteiger partial charge in [0.1, 0.15) is 6.04 Å². The fourth-order valence-electron chi connectivity index (χ4n) is 3.03. The lowest BCUT2D eigenvalue weighted by molar-refractivity contribution is -0.144. The maximum atomic E-state index is 12.3. The molecule has 6 heteroatoms. The highest BCUT2D eigenvalue weighted by atomic mass is 35.5. The molecule has 0 spiro atoms. The molecule has 0 bridgehead atoms. The van der Waals surface area contributed by atoms with E-state index in [4.69, 9.17) is 16.3 Å². The molecule has 140 valence electrons. The molecule has 5 nitrogen and oxygen atoms in total. The first-order valence-electron chi connectivity index (χ1n) is 8.82. The fourth-order valence-corrected chi connectivity index (χ4v) is 3.16. The predicted octanol–water partition coefficient (Wildman–Crippen LogP) is 3.37. The van der Waals surface area contributed by atoms with Crippen molar-refractivity contribution in [3.05, 3.63) is 69.7 Å². The zero-order valence-corrected chi connectivity index (χ0v) is 15.7. The summed E-state index contributed by atoms with van der Waals surface area (Å²) < 4.78 is 5.07. The molecule has 0 heterocycles. The van der Waals surface area contributed by atoms with E-state index in [-0.39, 0.29) is 12.4 Å². The first kappa shape index (κ1) is 19.1. The lowest BCUT2D eigenvalue weighted by Gasteiger charge is -2.13. The average molecular weight is 386 g/mol. The molecule has 3 rings (SSSR count). The molecule has 1 aliphatic rings. The molecular formula is C21H20ClNO4. The van der Waals surface area contributed by atoms with Crippen molar-refractivity contribution in [3.8, 4) is 0 Å². The minimum atomic E-state index is -0.874. The van der Waals surface area contributed by atoms with E-state index in [9.17, 15) is 14.4 Å². The summed E-state index contributed by atoms with van der Waals surface area (Å²) in [6, 6.07) is 11.0. The van der Waals surface area contributed by atoms with Gasteiger partial charge in [0.25, 0.3) is 5.91 Å². The summed E-state index contributed by atoms with van der Waals surface area (Å²) in [5.74, 6) is -1.33. The molecular weight excluding hydrogens is 366 g/mol. The van der Waals surface area contributed by atoms with Crippen LogP contribution in [0.3, 0.4) is 0 Å². The van der Waals surface area contributed by atoms with Crippen molar-refractivity contribution in [1.29, 1.82) is 0 Å². The second kappa shape index (κ2) is 8.35. The van der Waals surface area contributed by atoms with Gasteiger partial charge in [-0.25, -0.2) is 4.79 Å². The number of aryl methyl sites for hydroxylation is 2. The van der Waals surface area contributed by atoms with Crippen LogP contribution in [0.1, 0.15) is 45.2 Å². The molecule has 0 aromatic heterocycles. The number of hydrogen-bond acceptors (Lipinski definition) is 4. The average Bonchev–Trinajstić information content (AvgIpc) is 3.13. The van der Waals surface area contributed by atoms with Crippen LogP contribution in [0, 0.1) is 0 Å². The summed E-state index contributed by atoms with van der Waals surface area (Å²) >= 11 is 5.79. The highest BCUT2D eigenvalue weighted by Crippen LogP contribution is 2.23. The van der Waals surface area contributed by atoms with Crippen molar-refractivity contribution < 1.29 is 19.1 Å². The summed E-state index contributed by atoms with van der Waals surface area (Å²) in [6.07, 6.45) is 3.13. The molecule has 1 atom stereocenters. The Morgan fingerprint density at radius 1 is 1.04 bits per heavy atom. The second-order valence-electron chi connectivity index (χ2n) is 6.57. The largest absolute Gasteiger partial charge is 0.456 e. The lowest BCUT2D eigenvalue weighted by atomic mass is 10.0.